The van der Waals surface area contributed by atoms with E-state index in [9.17, 15) is 15.0 Å². The molecule has 10 N–H and O–H groups in total. The van der Waals surface area contributed by atoms with Gasteiger partial charge in [-0.25, -0.2) is 4.98 Å². The third-order valence-corrected chi connectivity index (χ3v) is 3.56. The summed E-state index contributed by atoms with van der Waals surface area (Å²) in [6.07, 6.45) is -4.83. The third-order valence-electron chi connectivity index (χ3n) is 3.30. The lowest BCUT2D eigenvalue weighted by molar-refractivity contribution is -0.0509. The van der Waals surface area contributed by atoms with E-state index >= 15 is 0 Å². The summed E-state index contributed by atoms with van der Waals surface area (Å²) in [6.45, 7) is -0.491. The standard InChI is InChI=1S/C10H12ClN5O5.2H2O/c11-9-13-3-6(14-10(12)15-7(3)20)16(9)8-5(19)4(18)2(1-17)21-8;;/h2,4-5,8,17-19H,1H2,(H3,12,14,15,20);2*1H2/t2-,4-,5-,8-;;/m1../s1. The fourth-order valence-corrected chi connectivity index (χ4v) is 2.55. The molecule has 13 heteroatoms. The van der Waals surface area contributed by atoms with Gasteiger partial charge in [-0.2, -0.15) is 4.98 Å². The van der Waals surface area contributed by atoms with Crippen molar-refractivity contribution in [3.63, 3.8) is 0 Å². The van der Waals surface area contributed by atoms with E-state index in [4.69, 9.17) is 27.2 Å². The molecule has 0 saturated carbocycles. The average Bonchev–Trinajstić information content (AvgIpc) is 2.89. The average molecular weight is 354 g/mol. The highest BCUT2D eigenvalue weighted by molar-refractivity contribution is 6.29. The van der Waals surface area contributed by atoms with E-state index in [0.29, 0.717) is 0 Å². The molecule has 0 amide bonds. The largest absolute Gasteiger partial charge is 0.412 e. The van der Waals surface area contributed by atoms with Crippen LogP contribution in [-0.2, 0) is 4.74 Å². The molecule has 1 fully saturated rings. The molecule has 12 nitrogen and oxygen atoms in total. The van der Waals surface area contributed by atoms with E-state index in [1.807, 2.05) is 0 Å². The second kappa shape index (κ2) is 6.76. The SMILES string of the molecule is Nc1nc2c(nc(Cl)n2[C@@H]2O[C@H](CO)[C@@H](O)[C@H]2O)c(=O)[nH]1.O.O. The number of nitrogens with two attached hydrogens (primary N) is 1. The number of H-pyrrole nitrogens is 1. The van der Waals surface area contributed by atoms with Gasteiger partial charge in [-0.3, -0.25) is 14.3 Å². The van der Waals surface area contributed by atoms with Crippen LogP contribution in [0.4, 0.5) is 5.95 Å². The van der Waals surface area contributed by atoms with Crippen LogP contribution in [0.5, 0.6) is 0 Å². The van der Waals surface area contributed by atoms with Crippen LogP contribution < -0.4 is 11.3 Å². The smallest absolute Gasteiger partial charge is 0.280 e. The topological polar surface area (TPSA) is 223 Å². The molecule has 4 atom stereocenters. The van der Waals surface area contributed by atoms with Crippen LogP contribution in [0.15, 0.2) is 4.79 Å². The first kappa shape index (κ1) is 19.2. The molecule has 3 heterocycles. The molecule has 0 bridgehead atoms. The fraction of sp³-hybridized carbons (Fsp3) is 0.500. The molecule has 0 unspecified atom stereocenters. The van der Waals surface area contributed by atoms with Crippen molar-refractivity contribution < 1.29 is 31.0 Å². The zero-order valence-corrected chi connectivity index (χ0v) is 12.2. The molecule has 0 aromatic carbocycles. The summed E-state index contributed by atoms with van der Waals surface area (Å²) in [5.41, 5.74) is 4.81. The monoisotopic (exact) mass is 353 g/mol. The van der Waals surface area contributed by atoms with E-state index in [2.05, 4.69) is 15.0 Å². The number of hydrogen-bond donors (Lipinski definition) is 5. The summed E-state index contributed by atoms with van der Waals surface area (Å²) in [7, 11) is 0. The Morgan fingerprint density at radius 1 is 1.30 bits per heavy atom. The van der Waals surface area contributed by atoms with Gasteiger partial charge in [0.15, 0.2) is 17.4 Å². The second-order valence-electron chi connectivity index (χ2n) is 4.60. The van der Waals surface area contributed by atoms with Crippen LogP contribution in [-0.4, -0.2) is 70.7 Å². The van der Waals surface area contributed by atoms with Crippen LogP contribution in [0, 0.1) is 0 Å². The van der Waals surface area contributed by atoms with E-state index in [1.165, 1.54) is 0 Å². The van der Waals surface area contributed by atoms with E-state index in [0.717, 1.165) is 4.57 Å². The van der Waals surface area contributed by atoms with Gasteiger partial charge in [0.1, 0.15) is 18.3 Å². The second-order valence-corrected chi connectivity index (χ2v) is 4.94. The molecular formula is C10H16ClN5O7. The van der Waals surface area contributed by atoms with Gasteiger partial charge in [0.25, 0.3) is 5.56 Å². The van der Waals surface area contributed by atoms with Crippen molar-refractivity contribution in [3.05, 3.63) is 15.6 Å². The van der Waals surface area contributed by atoms with Gasteiger partial charge in [0.2, 0.25) is 11.2 Å². The van der Waals surface area contributed by atoms with Gasteiger partial charge in [-0.15, -0.1) is 0 Å². The van der Waals surface area contributed by atoms with Gasteiger partial charge in [-0.05, 0) is 11.6 Å². The molecule has 0 aliphatic carbocycles. The Morgan fingerprint density at radius 3 is 2.52 bits per heavy atom. The molecule has 0 radical (unpaired) electrons. The Hall–Kier alpha value is -1.80. The summed E-state index contributed by atoms with van der Waals surface area (Å²) in [5.74, 6) is -0.155. The highest BCUT2D eigenvalue weighted by atomic mass is 35.5. The van der Waals surface area contributed by atoms with E-state index < -0.39 is 36.7 Å². The summed E-state index contributed by atoms with van der Waals surface area (Å²) in [6, 6.07) is 0. The number of aliphatic hydroxyl groups excluding tert-OH is 3. The van der Waals surface area contributed by atoms with Crippen molar-refractivity contribution in [2.45, 2.75) is 24.5 Å². The minimum atomic E-state index is -1.38. The maximum absolute atomic E-state index is 11.7. The number of fused-ring (bicyclic) bond motifs is 1. The third kappa shape index (κ3) is 2.88. The Balaban J connectivity index is 0.00000132. The molecule has 2 aromatic rings. The molecule has 1 saturated heterocycles. The van der Waals surface area contributed by atoms with Gasteiger partial charge >= 0.3 is 0 Å². The number of nitrogens with zero attached hydrogens (tertiary/aromatic N) is 3. The summed E-state index contributed by atoms with van der Waals surface area (Å²) >= 11 is 5.96. The number of anilines is 1. The number of imidazole rings is 1. The highest BCUT2D eigenvalue weighted by Crippen LogP contribution is 2.33. The van der Waals surface area contributed by atoms with Gasteiger partial charge in [0, 0.05) is 0 Å². The van der Waals surface area contributed by atoms with Crippen LogP contribution in [0.1, 0.15) is 6.23 Å². The number of rotatable bonds is 2. The molecule has 130 valence electrons. The maximum atomic E-state index is 11.7. The number of halogens is 1. The predicted molar refractivity (Wildman–Crippen MR) is 77.8 cm³/mol. The Bertz CT molecular complexity index is 749. The zero-order chi connectivity index (χ0) is 15.3. The Labute approximate surface area is 132 Å². The van der Waals surface area contributed by atoms with Crippen molar-refractivity contribution >= 4 is 28.7 Å². The van der Waals surface area contributed by atoms with Crippen molar-refractivity contribution in [3.8, 4) is 0 Å². The lowest BCUT2D eigenvalue weighted by atomic mass is 10.1. The highest BCUT2D eigenvalue weighted by Gasteiger charge is 2.44. The minimum Gasteiger partial charge on any atom is -0.412 e. The number of aliphatic hydroxyl groups is 3. The quantitative estimate of drug-likeness (QED) is 0.337. The number of aromatic amines is 1. The summed E-state index contributed by atoms with van der Waals surface area (Å²) in [5, 5.41) is 28.7. The summed E-state index contributed by atoms with van der Waals surface area (Å²) in [4.78, 5) is 21.8. The lowest BCUT2D eigenvalue weighted by Crippen LogP contribution is -2.33. The number of hydrogen-bond acceptors (Lipinski definition) is 8. The van der Waals surface area contributed by atoms with Crippen LogP contribution in [0.3, 0.4) is 0 Å². The predicted octanol–water partition coefficient (Wildman–Crippen LogP) is -3.68. The zero-order valence-electron chi connectivity index (χ0n) is 11.5. The first-order chi connectivity index (χ1) is 9.93. The van der Waals surface area contributed by atoms with Crippen molar-refractivity contribution in [1.29, 1.82) is 0 Å². The fourth-order valence-electron chi connectivity index (χ4n) is 2.29. The number of aromatic nitrogens is 4. The molecule has 0 spiro atoms. The molecule has 23 heavy (non-hydrogen) atoms. The number of nitrogen functional groups attached to an aromatic ring is 1. The number of ether oxygens (including phenoxy) is 1. The van der Waals surface area contributed by atoms with Crippen LogP contribution >= 0.6 is 11.6 Å². The molecular weight excluding hydrogens is 338 g/mol. The first-order valence-electron chi connectivity index (χ1n) is 5.99. The van der Waals surface area contributed by atoms with E-state index in [-0.39, 0.29) is 33.3 Å². The maximum Gasteiger partial charge on any atom is 0.280 e. The van der Waals surface area contributed by atoms with Crippen molar-refractivity contribution in [2.75, 3.05) is 12.3 Å². The molecule has 2 aromatic heterocycles. The van der Waals surface area contributed by atoms with Crippen molar-refractivity contribution in [2.24, 2.45) is 0 Å². The number of nitrogens with one attached hydrogen (secondary N) is 1. The lowest BCUT2D eigenvalue weighted by Gasteiger charge is -2.17. The normalized spacial score (nSPS) is 26.8. The molecule has 1 aliphatic rings. The Morgan fingerprint density at radius 2 is 1.96 bits per heavy atom. The first-order valence-corrected chi connectivity index (χ1v) is 6.37. The van der Waals surface area contributed by atoms with Gasteiger partial charge in [0.05, 0.1) is 6.61 Å². The molecule has 1 aliphatic heterocycles. The van der Waals surface area contributed by atoms with Crippen molar-refractivity contribution in [1.82, 2.24) is 19.5 Å². The van der Waals surface area contributed by atoms with Gasteiger partial charge < -0.3 is 36.7 Å². The van der Waals surface area contributed by atoms with Gasteiger partial charge in [-0.1, -0.05) is 0 Å². The van der Waals surface area contributed by atoms with Crippen LogP contribution in [0.25, 0.3) is 11.2 Å². The summed E-state index contributed by atoms with van der Waals surface area (Å²) < 4.78 is 6.49. The van der Waals surface area contributed by atoms with E-state index in [1.54, 1.807) is 0 Å². The molecule has 3 rings (SSSR count). The van der Waals surface area contributed by atoms with Crippen LogP contribution in [0.2, 0.25) is 5.28 Å². The Kier molecular flexibility index (Phi) is 5.65. The minimum absolute atomic E-state index is 0.